The van der Waals surface area contributed by atoms with Gasteiger partial charge in [0.25, 0.3) is 11.1 Å². The molecule has 0 unspecified atom stereocenters. The van der Waals surface area contributed by atoms with Crippen molar-refractivity contribution in [2.24, 2.45) is 0 Å². The van der Waals surface area contributed by atoms with Crippen molar-refractivity contribution in [3.8, 4) is 0 Å². The van der Waals surface area contributed by atoms with Gasteiger partial charge in [-0.1, -0.05) is 24.3 Å². The Bertz CT molecular complexity index is 783. The summed E-state index contributed by atoms with van der Waals surface area (Å²) in [5.41, 5.74) is 0.589. The summed E-state index contributed by atoms with van der Waals surface area (Å²) in [5.74, 6) is -2.13. The second kappa shape index (κ2) is 7.71. The van der Waals surface area contributed by atoms with Gasteiger partial charge in [0.05, 0.1) is 24.1 Å². The summed E-state index contributed by atoms with van der Waals surface area (Å²) in [4.78, 5) is 50.2. The van der Waals surface area contributed by atoms with Crippen molar-refractivity contribution in [2.45, 2.75) is 0 Å². The number of ether oxygens (including phenoxy) is 1. The molecule has 3 amide bonds. The fraction of sp³-hybridized carbons (Fsp3) is 0.294. The summed E-state index contributed by atoms with van der Waals surface area (Å²) < 4.78 is 5.17. The number of rotatable bonds is 4. The second-order valence-corrected chi connectivity index (χ2v) is 6.66. The third-order valence-electron chi connectivity index (χ3n) is 3.97. The van der Waals surface area contributed by atoms with E-state index in [9.17, 15) is 24.3 Å². The molecule has 2 aliphatic heterocycles. The van der Waals surface area contributed by atoms with E-state index in [0.717, 1.165) is 16.7 Å². The molecule has 0 radical (unpaired) electrons. The van der Waals surface area contributed by atoms with E-state index in [2.05, 4.69) is 0 Å². The number of carboxylic acids is 1. The molecule has 0 N–H and O–H groups in total. The molecule has 0 aliphatic carbocycles. The Morgan fingerprint density at radius 1 is 1.15 bits per heavy atom. The predicted molar refractivity (Wildman–Crippen MR) is 90.8 cm³/mol. The zero-order chi connectivity index (χ0) is 18.7. The minimum Gasteiger partial charge on any atom is -0.545 e. The number of hydrogen-bond donors (Lipinski definition) is 0. The largest absolute Gasteiger partial charge is 0.545 e. The lowest BCUT2D eigenvalue weighted by atomic mass is 10.1. The number of carboxylic acid groups (broad SMARTS) is 1. The normalized spacial score (nSPS) is 19.3. The molecular weight excluding hydrogens is 360 g/mol. The first-order chi connectivity index (χ1) is 12.5. The lowest BCUT2D eigenvalue weighted by Gasteiger charge is -2.28. The number of aromatic carboxylic acids is 1. The van der Waals surface area contributed by atoms with E-state index < -0.39 is 17.1 Å². The molecule has 136 valence electrons. The molecule has 0 bridgehead atoms. The highest BCUT2D eigenvalue weighted by molar-refractivity contribution is 8.18. The van der Waals surface area contributed by atoms with Gasteiger partial charge >= 0.3 is 0 Å². The van der Waals surface area contributed by atoms with Crippen LogP contribution in [0.3, 0.4) is 0 Å². The first kappa shape index (κ1) is 18.2. The fourth-order valence-electron chi connectivity index (χ4n) is 2.55. The maximum Gasteiger partial charge on any atom is 0.294 e. The Hall–Kier alpha value is -2.65. The Morgan fingerprint density at radius 2 is 1.81 bits per heavy atom. The van der Waals surface area contributed by atoms with Gasteiger partial charge in [-0.05, 0) is 29.0 Å². The van der Waals surface area contributed by atoms with E-state index in [1.807, 2.05) is 0 Å². The van der Waals surface area contributed by atoms with Crippen LogP contribution in [-0.2, 0) is 14.3 Å². The lowest BCUT2D eigenvalue weighted by Crippen LogP contribution is -2.46. The van der Waals surface area contributed by atoms with E-state index in [1.165, 1.54) is 30.3 Å². The Morgan fingerprint density at radius 3 is 2.42 bits per heavy atom. The number of thioether (sulfide) groups is 1. The van der Waals surface area contributed by atoms with Crippen molar-refractivity contribution in [1.29, 1.82) is 0 Å². The molecule has 9 heteroatoms. The molecule has 8 nitrogen and oxygen atoms in total. The maximum absolute atomic E-state index is 12.4. The van der Waals surface area contributed by atoms with E-state index in [4.69, 9.17) is 4.74 Å². The highest BCUT2D eigenvalue weighted by Gasteiger charge is 2.37. The number of carbonyl (C=O) groups excluding carboxylic acids is 4. The first-order valence-electron chi connectivity index (χ1n) is 7.88. The highest BCUT2D eigenvalue weighted by atomic mass is 32.2. The maximum atomic E-state index is 12.4. The van der Waals surface area contributed by atoms with Gasteiger partial charge in [-0.2, -0.15) is 0 Å². The van der Waals surface area contributed by atoms with E-state index in [-0.39, 0.29) is 22.9 Å². The van der Waals surface area contributed by atoms with Crippen molar-refractivity contribution < 1.29 is 29.0 Å². The Labute approximate surface area is 153 Å². The van der Waals surface area contributed by atoms with E-state index in [1.54, 1.807) is 4.90 Å². The highest BCUT2D eigenvalue weighted by Crippen LogP contribution is 2.32. The smallest absolute Gasteiger partial charge is 0.294 e. The van der Waals surface area contributed by atoms with Crippen LogP contribution in [0.5, 0.6) is 0 Å². The SMILES string of the molecule is O=C([O-])c1ccc(/C=C2/SC(=O)N(CC(=O)N3CCOCC3)C2=O)cc1. The van der Waals surface area contributed by atoms with Crippen LogP contribution in [0.15, 0.2) is 29.2 Å². The van der Waals surface area contributed by atoms with Gasteiger partial charge in [0.15, 0.2) is 0 Å². The van der Waals surface area contributed by atoms with Gasteiger partial charge in [-0.25, -0.2) is 0 Å². The van der Waals surface area contributed by atoms with Crippen LogP contribution < -0.4 is 5.11 Å². The molecule has 0 aromatic heterocycles. The first-order valence-corrected chi connectivity index (χ1v) is 8.69. The molecule has 2 saturated heterocycles. The zero-order valence-electron chi connectivity index (χ0n) is 13.7. The summed E-state index contributed by atoms with van der Waals surface area (Å²) in [7, 11) is 0. The second-order valence-electron chi connectivity index (χ2n) is 5.67. The van der Waals surface area contributed by atoms with Crippen molar-refractivity contribution in [1.82, 2.24) is 9.80 Å². The third kappa shape index (κ3) is 3.94. The standard InChI is InChI=1S/C17H16N2O6S/c20-14(18-5-7-25-8-6-18)10-19-15(21)13(26-17(19)24)9-11-1-3-12(4-2-11)16(22)23/h1-4,9H,5-8,10H2,(H,22,23)/p-1/b13-9+. The summed E-state index contributed by atoms with van der Waals surface area (Å²) >= 11 is 0.750. The number of hydrogen-bond acceptors (Lipinski definition) is 7. The average Bonchev–Trinajstić information content (AvgIpc) is 2.90. The number of morpholine rings is 1. The van der Waals surface area contributed by atoms with E-state index in [0.29, 0.717) is 31.9 Å². The van der Waals surface area contributed by atoms with Gasteiger partial charge in [0, 0.05) is 13.1 Å². The van der Waals surface area contributed by atoms with Crippen LogP contribution in [0.1, 0.15) is 15.9 Å². The molecule has 2 heterocycles. The minimum absolute atomic E-state index is 0.0198. The molecule has 3 rings (SSSR count). The number of benzene rings is 1. The molecule has 26 heavy (non-hydrogen) atoms. The third-order valence-corrected chi connectivity index (χ3v) is 4.88. The van der Waals surface area contributed by atoms with Crippen LogP contribution in [0.4, 0.5) is 4.79 Å². The minimum atomic E-state index is -1.29. The van der Waals surface area contributed by atoms with Crippen LogP contribution in [0.2, 0.25) is 0 Å². The van der Waals surface area contributed by atoms with Gasteiger partial charge in [-0.15, -0.1) is 0 Å². The predicted octanol–water partition coefficient (Wildman–Crippen LogP) is -0.0548. The van der Waals surface area contributed by atoms with Gasteiger partial charge in [0.2, 0.25) is 5.91 Å². The topological polar surface area (TPSA) is 107 Å². The summed E-state index contributed by atoms with van der Waals surface area (Å²) in [6, 6.07) is 5.73. The number of nitrogens with zero attached hydrogens (tertiary/aromatic N) is 2. The molecule has 1 aromatic carbocycles. The summed E-state index contributed by atoms with van der Waals surface area (Å²) in [5, 5.41) is 10.2. The fourth-order valence-corrected chi connectivity index (χ4v) is 3.39. The molecule has 0 saturated carbocycles. The van der Waals surface area contributed by atoms with Crippen molar-refractivity contribution >= 4 is 40.9 Å². The van der Waals surface area contributed by atoms with Crippen LogP contribution in [0, 0.1) is 0 Å². The monoisotopic (exact) mass is 375 g/mol. The molecule has 1 aromatic rings. The van der Waals surface area contributed by atoms with Gasteiger partial charge in [0.1, 0.15) is 6.54 Å². The number of imide groups is 1. The quantitative estimate of drug-likeness (QED) is 0.679. The Kier molecular flexibility index (Phi) is 5.38. The Balaban J connectivity index is 1.69. The van der Waals surface area contributed by atoms with Crippen LogP contribution in [-0.4, -0.2) is 65.7 Å². The number of carbonyl (C=O) groups is 4. The van der Waals surface area contributed by atoms with E-state index >= 15 is 0 Å². The van der Waals surface area contributed by atoms with Crippen LogP contribution >= 0.6 is 11.8 Å². The average molecular weight is 375 g/mol. The lowest BCUT2D eigenvalue weighted by molar-refractivity contribution is -0.255. The van der Waals surface area contributed by atoms with Gasteiger partial charge in [-0.3, -0.25) is 19.3 Å². The molecule has 2 fully saturated rings. The van der Waals surface area contributed by atoms with Crippen molar-refractivity contribution in [2.75, 3.05) is 32.8 Å². The summed E-state index contributed by atoms with van der Waals surface area (Å²) in [6.07, 6.45) is 1.49. The molecule has 0 spiro atoms. The van der Waals surface area contributed by atoms with Crippen molar-refractivity contribution in [3.05, 3.63) is 40.3 Å². The number of amides is 3. The van der Waals surface area contributed by atoms with Crippen molar-refractivity contribution in [3.63, 3.8) is 0 Å². The zero-order valence-corrected chi connectivity index (χ0v) is 14.5. The summed E-state index contributed by atoms with van der Waals surface area (Å²) in [6.45, 7) is 1.46. The van der Waals surface area contributed by atoms with Gasteiger partial charge < -0.3 is 19.5 Å². The molecule has 2 aliphatic rings. The molecular formula is C17H15N2O6S-. The molecule has 0 atom stereocenters. The van der Waals surface area contributed by atoms with Crippen LogP contribution in [0.25, 0.3) is 6.08 Å².